The number of rotatable bonds is 4. The lowest BCUT2D eigenvalue weighted by Gasteiger charge is -2.14. The van der Waals surface area contributed by atoms with Gasteiger partial charge >= 0.3 is 0 Å². The summed E-state index contributed by atoms with van der Waals surface area (Å²) in [4.78, 5) is 0. The van der Waals surface area contributed by atoms with Crippen molar-refractivity contribution in [1.29, 1.82) is 0 Å². The first kappa shape index (κ1) is 13.8. The van der Waals surface area contributed by atoms with E-state index in [4.69, 9.17) is 0 Å². The van der Waals surface area contributed by atoms with Crippen LogP contribution in [0.2, 0.25) is 0 Å². The van der Waals surface area contributed by atoms with Crippen LogP contribution in [0.25, 0.3) is 21.9 Å². The molecule has 0 bridgehead atoms. The molecule has 3 aromatic rings. The van der Waals surface area contributed by atoms with Crippen LogP contribution in [-0.4, -0.2) is 6.54 Å². The third kappa shape index (κ3) is 2.84. The molecule has 0 amide bonds. The Balaban J connectivity index is 2.09. The predicted molar refractivity (Wildman–Crippen MR) is 91.5 cm³/mol. The van der Waals surface area contributed by atoms with Gasteiger partial charge in [0.1, 0.15) is 0 Å². The van der Waals surface area contributed by atoms with E-state index in [2.05, 4.69) is 85.9 Å². The molecule has 0 saturated heterocycles. The highest BCUT2D eigenvalue weighted by Crippen LogP contribution is 2.30. The van der Waals surface area contributed by atoms with Crippen LogP contribution < -0.4 is 5.32 Å². The van der Waals surface area contributed by atoms with E-state index in [0.29, 0.717) is 6.04 Å². The van der Waals surface area contributed by atoms with Crippen LogP contribution in [0.1, 0.15) is 25.5 Å². The minimum Gasteiger partial charge on any atom is -0.310 e. The molecule has 106 valence electrons. The van der Waals surface area contributed by atoms with Crippen LogP contribution in [0.15, 0.2) is 66.7 Å². The maximum Gasteiger partial charge on any atom is 0.0291 e. The molecule has 1 atom stereocenters. The minimum absolute atomic E-state index is 0.380. The molecule has 0 radical (unpaired) electrons. The molecular formula is C20H21N. The Morgan fingerprint density at radius 2 is 1.67 bits per heavy atom. The van der Waals surface area contributed by atoms with Crippen LogP contribution in [0, 0.1) is 0 Å². The minimum atomic E-state index is 0.380. The van der Waals surface area contributed by atoms with Crippen molar-refractivity contribution >= 4 is 10.8 Å². The standard InChI is InChI=1S/C20H21N/c1-3-21-15(2)17-10-6-11-18(14-17)20-13-7-9-16-8-4-5-12-19(16)20/h4-15,21H,3H2,1-2H3. The number of fused-ring (bicyclic) bond motifs is 1. The van der Waals surface area contributed by atoms with E-state index in [9.17, 15) is 0 Å². The second-order valence-corrected chi connectivity index (χ2v) is 5.43. The van der Waals surface area contributed by atoms with Crippen LogP contribution in [0.4, 0.5) is 0 Å². The molecule has 0 spiro atoms. The van der Waals surface area contributed by atoms with Crippen molar-refractivity contribution in [2.45, 2.75) is 19.9 Å². The van der Waals surface area contributed by atoms with Crippen molar-refractivity contribution in [1.82, 2.24) is 5.32 Å². The van der Waals surface area contributed by atoms with Crippen molar-refractivity contribution < 1.29 is 0 Å². The molecular weight excluding hydrogens is 254 g/mol. The summed E-state index contributed by atoms with van der Waals surface area (Å²) >= 11 is 0. The molecule has 0 fully saturated rings. The highest BCUT2D eigenvalue weighted by molar-refractivity contribution is 5.96. The quantitative estimate of drug-likeness (QED) is 0.692. The van der Waals surface area contributed by atoms with Crippen molar-refractivity contribution in [3.63, 3.8) is 0 Å². The third-order valence-electron chi connectivity index (χ3n) is 4.00. The molecule has 1 N–H and O–H groups in total. The van der Waals surface area contributed by atoms with Gasteiger partial charge in [-0.2, -0.15) is 0 Å². The van der Waals surface area contributed by atoms with E-state index in [1.54, 1.807) is 0 Å². The number of hydrogen-bond donors (Lipinski definition) is 1. The van der Waals surface area contributed by atoms with E-state index >= 15 is 0 Å². The molecule has 0 aromatic heterocycles. The molecule has 21 heavy (non-hydrogen) atoms. The summed E-state index contributed by atoms with van der Waals surface area (Å²) in [6.45, 7) is 5.34. The lowest BCUT2D eigenvalue weighted by atomic mass is 9.96. The van der Waals surface area contributed by atoms with Gasteiger partial charge in [0.25, 0.3) is 0 Å². The van der Waals surface area contributed by atoms with Crippen LogP contribution >= 0.6 is 0 Å². The zero-order valence-corrected chi connectivity index (χ0v) is 12.6. The summed E-state index contributed by atoms with van der Waals surface area (Å²) in [5.74, 6) is 0. The first-order valence-corrected chi connectivity index (χ1v) is 7.61. The fourth-order valence-electron chi connectivity index (χ4n) is 2.88. The van der Waals surface area contributed by atoms with Gasteiger partial charge in [-0.05, 0) is 47.0 Å². The molecule has 0 aliphatic heterocycles. The Morgan fingerprint density at radius 3 is 2.52 bits per heavy atom. The van der Waals surface area contributed by atoms with E-state index in [-0.39, 0.29) is 0 Å². The molecule has 0 aliphatic rings. The molecule has 3 rings (SSSR count). The maximum absolute atomic E-state index is 3.48. The molecule has 1 nitrogen and oxygen atoms in total. The van der Waals surface area contributed by atoms with Gasteiger partial charge in [0.2, 0.25) is 0 Å². The fraction of sp³-hybridized carbons (Fsp3) is 0.200. The van der Waals surface area contributed by atoms with Crippen molar-refractivity contribution in [2.24, 2.45) is 0 Å². The smallest absolute Gasteiger partial charge is 0.0291 e. The second-order valence-electron chi connectivity index (χ2n) is 5.43. The summed E-state index contributed by atoms with van der Waals surface area (Å²) < 4.78 is 0. The van der Waals surface area contributed by atoms with Gasteiger partial charge in [0.05, 0.1) is 0 Å². The second kappa shape index (κ2) is 6.11. The zero-order chi connectivity index (χ0) is 14.7. The van der Waals surface area contributed by atoms with Crippen molar-refractivity contribution in [3.8, 4) is 11.1 Å². The SMILES string of the molecule is CCNC(C)c1cccc(-c2cccc3ccccc23)c1. The molecule has 0 saturated carbocycles. The molecule has 0 aliphatic carbocycles. The van der Waals surface area contributed by atoms with E-state index < -0.39 is 0 Å². The lowest BCUT2D eigenvalue weighted by Crippen LogP contribution is -2.17. The third-order valence-corrected chi connectivity index (χ3v) is 4.00. The largest absolute Gasteiger partial charge is 0.310 e. The summed E-state index contributed by atoms with van der Waals surface area (Å²) in [5.41, 5.74) is 3.93. The molecule has 3 aromatic carbocycles. The zero-order valence-electron chi connectivity index (χ0n) is 12.6. The Bertz CT molecular complexity index is 740. The highest BCUT2D eigenvalue weighted by atomic mass is 14.9. The van der Waals surface area contributed by atoms with E-state index in [1.807, 2.05) is 0 Å². The van der Waals surface area contributed by atoms with Gasteiger partial charge in [0.15, 0.2) is 0 Å². The van der Waals surface area contributed by atoms with Gasteiger partial charge < -0.3 is 5.32 Å². The first-order valence-electron chi connectivity index (χ1n) is 7.61. The van der Waals surface area contributed by atoms with E-state index in [0.717, 1.165) is 6.54 Å². The number of hydrogen-bond acceptors (Lipinski definition) is 1. The normalized spacial score (nSPS) is 12.5. The van der Waals surface area contributed by atoms with E-state index in [1.165, 1.54) is 27.5 Å². The summed E-state index contributed by atoms with van der Waals surface area (Å²) in [6, 6.07) is 24.3. The summed E-state index contributed by atoms with van der Waals surface area (Å²) in [7, 11) is 0. The van der Waals surface area contributed by atoms with Crippen LogP contribution in [0.3, 0.4) is 0 Å². The summed E-state index contributed by atoms with van der Waals surface area (Å²) in [5, 5.41) is 6.08. The van der Waals surface area contributed by atoms with Gasteiger partial charge in [-0.1, -0.05) is 67.6 Å². The topological polar surface area (TPSA) is 12.0 Å². The number of nitrogens with one attached hydrogen (secondary N) is 1. The van der Waals surface area contributed by atoms with Gasteiger partial charge in [-0.15, -0.1) is 0 Å². The fourth-order valence-corrected chi connectivity index (χ4v) is 2.88. The first-order chi connectivity index (χ1) is 10.3. The van der Waals surface area contributed by atoms with Gasteiger partial charge in [-0.3, -0.25) is 0 Å². The monoisotopic (exact) mass is 275 g/mol. The average molecular weight is 275 g/mol. The molecule has 1 heteroatoms. The van der Waals surface area contributed by atoms with Crippen molar-refractivity contribution in [2.75, 3.05) is 6.54 Å². The van der Waals surface area contributed by atoms with Crippen LogP contribution in [-0.2, 0) is 0 Å². The lowest BCUT2D eigenvalue weighted by molar-refractivity contribution is 0.598. The predicted octanol–water partition coefficient (Wildman–Crippen LogP) is 5.18. The van der Waals surface area contributed by atoms with Gasteiger partial charge in [0, 0.05) is 6.04 Å². The number of benzene rings is 3. The molecule has 0 heterocycles. The highest BCUT2D eigenvalue weighted by Gasteiger charge is 2.07. The average Bonchev–Trinajstić information content (AvgIpc) is 2.55. The van der Waals surface area contributed by atoms with Gasteiger partial charge in [-0.25, -0.2) is 0 Å². The Morgan fingerprint density at radius 1 is 0.905 bits per heavy atom. The van der Waals surface area contributed by atoms with Crippen LogP contribution in [0.5, 0.6) is 0 Å². The Hall–Kier alpha value is -2.12. The molecule has 1 unspecified atom stereocenters. The maximum atomic E-state index is 3.48. The van der Waals surface area contributed by atoms with Crippen molar-refractivity contribution in [3.05, 3.63) is 72.3 Å². The Labute approximate surface area is 126 Å². The Kier molecular flexibility index (Phi) is 4.03. The summed E-state index contributed by atoms with van der Waals surface area (Å²) in [6.07, 6.45) is 0.